The molecule has 1 N–H and O–H groups in total. The molecule has 51 valence electrons. The summed E-state index contributed by atoms with van der Waals surface area (Å²) in [7, 11) is 1.60. The van der Waals surface area contributed by atoms with Crippen LogP contribution in [0, 0.1) is 0 Å². The second-order valence-electron chi connectivity index (χ2n) is 1.83. The maximum Gasteiger partial charge on any atom is 0.313 e. The molecule has 4 heteroatoms. The lowest BCUT2D eigenvalue weighted by molar-refractivity contribution is 0.247. The number of carbonyl (C=O) groups excluding carboxylic acids is 1. The molecule has 1 heterocycles. The maximum absolute atomic E-state index is 10.9. The molecule has 1 aromatic rings. The van der Waals surface area contributed by atoms with Gasteiger partial charge < -0.3 is 5.23 Å². The number of hydrogen-bond donors (Lipinski definition) is 1. The molecule has 0 fully saturated rings. The quantitative estimate of drug-likeness (QED) is 0.565. The van der Waals surface area contributed by atoms with Crippen molar-refractivity contribution in [1.82, 2.24) is 9.79 Å². The van der Waals surface area contributed by atoms with Gasteiger partial charge in [0.1, 0.15) is 0 Å². The van der Waals surface area contributed by atoms with E-state index in [2.05, 4.69) is 5.23 Å². The Hall–Kier alpha value is -1.19. The van der Waals surface area contributed by atoms with Gasteiger partial charge in [-0.15, -0.1) is 0 Å². The highest BCUT2D eigenvalue weighted by atomic mass is 16.2. The van der Waals surface area contributed by atoms with Crippen molar-refractivity contribution in [1.29, 1.82) is 0 Å². The minimum Gasteiger partial charge on any atom is -0.386 e. The fraction of sp³-hybridized carbons (Fsp3) is 0.167. The summed E-state index contributed by atoms with van der Waals surface area (Å²) in [6.07, 6.45) is 3.39. The van der Waals surface area contributed by atoms with E-state index in [0.29, 0.717) is 0 Å². The predicted octanol–water partition coefficient (Wildman–Crippen LogP) is 0.713. The van der Waals surface area contributed by atoms with Gasteiger partial charge in [0.05, 0.1) is 0 Å². The van der Waals surface area contributed by atoms with Crippen LogP contribution in [0.2, 0.25) is 6.82 Å². The van der Waals surface area contributed by atoms with Crippen LogP contribution in [-0.2, 0) is 0 Å². The van der Waals surface area contributed by atoms with Gasteiger partial charge in [-0.25, -0.2) is 4.79 Å². The van der Waals surface area contributed by atoms with Crippen molar-refractivity contribution in [3.8, 4) is 0 Å². The van der Waals surface area contributed by atoms with E-state index in [4.69, 9.17) is 0 Å². The standard InChI is InChI=1S/C6H8BN2O/c1-7-8-6(10)9-4-2-3-5-9/h2-5H,1H3,(H,8,10). The van der Waals surface area contributed by atoms with Gasteiger partial charge in [0, 0.05) is 12.4 Å². The van der Waals surface area contributed by atoms with E-state index >= 15 is 0 Å². The number of nitrogens with one attached hydrogen (secondary N) is 1. The average Bonchev–Trinajstić information content (AvgIpc) is 2.38. The first-order valence-corrected chi connectivity index (χ1v) is 3.06. The van der Waals surface area contributed by atoms with Gasteiger partial charge >= 0.3 is 6.03 Å². The van der Waals surface area contributed by atoms with Gasteiger partial charge in [0.2, 0.25) is 7.41 Å². The second-order valence-corrected chi connectivity index (χ2v) is 1.83. The maximum atomic E-state index is 10.9. The monoisotopic (exact) mass is 135 g/mol. The summed E-state index contributed by atoms with van der Waals surface area (Å²) in [5, 5.41) is 2.55. The highest BCUT2D eigenvalue weighted by Crippen LogP contribution is 1.87. The molecule has 0 saturated carbocycles. The molecule has 0 saturated heterocycles. The molecule has 1 rings (SSSR count). The average molecular weight is 135 g/mol. The summed E-state index contributed by atoms with van der Waals surface area (Å²) in [6, 6.07) is 3.47. The van der Waals surface area contributed by atoms with Crippen LogP contribution in [0.4, 0.5) is 4.79 Å². The number of rotatable bonds is 1. The van der Waals surface area contributed by atoms with Crippen LogP contribution >= 0.6 is 0 Å². The highest BCUT2D eigenvalue weighted by molar-refractivity contribution is 6.35. The first-order chi connectivity index (χ1) is 4.84. The summed E-state index contributed by atoms with van der Waals surface area (Å²) >= 11 is 0. The van der Waals surface area contributed by atoms with Crippen LogP contribution in [0.15, 0.2) is 24.5 Å². The summed E-state index contributed by atoms with van der Waals surface area (Å²) in [6.45, 7) is 1.77. The number of aromatic nitrogens is 1. The van der Waals surface area contributed by atoms with E-state index in [1.54, 1.807) is 38.8 Å². The third kappa shape index (κ3) is 1.40. The first-order valence-electron chi connectivity index (χ1n) is 3.06. The molecule has 1 amide bonds. The van der Waals surface area contributed by atoms with Gasteiger partial charge in [-0.2, -0.15) is 0 Å². The van der Waals surface area contributed by atoms with E-state index in [-0.39, 0.29) is 6.03 Å². The Morgan fingerprint density at radius 2 is 2.10 bits per heavy atom. The van der Waals surface area contributed by atoms with Gasteiger partial charge in [0.25, 0.3) is 0 Å². The Morgan fingerprint density at radius 3 is 2.60 bits per heavy atom. The molecule has 0 unspecified atom stereocenters. The van der Waals surface area contributed by atoms with Crippen LogP contribution in [0.5, 0.6) is 0 Å². The van der Waals surface area contributed by atoms with Crippen molar-refractivity contribution in [3.05, 3.63) is 24.5 Å². The molecule has 1 aromatic heterocycles. The first kappa shape index (κ1) is 6.93. The third-order valence-corrected chi connectivity index (χ3v) is 1.11. The van der Waals surface area contributed by atoms with Gasteiger partial charge in [-0.1, -0.05) is 6.82 Å². The van der Waals surface area contributed by atoms with E-state index in [1.165, 1.54) is 4.57 Å². The molecule has 0 aromatic carbocycles. The van der Waals surface area contributed by atoms with Crippen molar-refractivity contribution in [2.24, 2.45) is 0 Å². The molecular formula is C6H8BN2O. The van der Waals surface area contributed by atoms with E-state index in [9.17, 15) is 4.79 Å². The van der Waals surface area contributed by atoms with Crippen LogP contribution in [0.25, 0.3) is 0 Å². The van der Waals surface area contributed by atoms with Crippen LogP contribution in [-0.4, -0.2) is 18.0 Å². The number of nitrogens with zero attached hydrogens (tertiary/aromatic N) is 1. The Labute approximate surface area is 60.3 Å². The van der Waals surface area contributed by atoms with E-state index < -0.39 is 0 Å². The minimum absolute atomic E-state index is 0.132. The fourth-order valence-electron chi connectivity index (χ4n) is 0.668. The zero-order valence-electron chi connectivity index (χ0n) is 5.74. The van der Waals surface area contributed by atoms with Crippen molar-refractivity contribution in [2.45, 2.75) is 6.82 Å². The Kier molecular flexibility index (Phi) is 2.15. The number of carbonyl (C=O) groups is 1. The normalized spacial score (nSPS) is 8.90. The zero-order chi connectivity index (χ0) is 7.40. The molecule has 1 radical (unpaired) electrons. The number of amides is 1. The van der Waals surface area contributed by atoms with Crippen molar-refractivity contribution < 1.29 is 4.79 Å². The lowest BCUT2D eigenvalue weighted by atomic mass is 10.0. The van der Waals surface area contributed by atoms with Crippen LogP contribution < -0.4 is 5.23 Å². The summed E-state index contributed by atoms with van der Waals surface area (Å²) in [4.78, 5) is 10.9. The molecule has 0 atom stereocenters. The van der Waals surface area contributed by atoms with Gasteiger partial charge in [-0.3, -0.25) is 4.57 Å². The molecule has 0 aliphatic rings. The molecule has 0 bridgehead atoms. The van der Waals surface area contributed by atoms with Crippen molar-refractivity contribution in [3.63, 3.8) is 0 Å². The molecule has 0 aliphatic carbocycles. The number of hydrogen-bond acceptors (Lipinski definition) is 1. The SMILES string of the molecule is C[B]NC(=O)n1cccc1. The van der Waals surface area contributed by atoms with Gasteiger partial charge in [-0.05, 0) is 12.1 Å². The summed E-state index contributed by atoms with van der Waals surface area (Å²) in [5.74, 6) is 0. The molecular weight excluding hydrogens is 127 g/mol. The van der Waals surface area contributed by atoms with Crippen molar-refractivity contribution in [2.75, 3.05) is 0 Å². The smallest absolute Gasteiger partial charge is 0.313 e. The Balaban J connectivity index is 2.59. The molecule has 0 spiro atoms. The summed E-state index contributed by atoms with van der Waals surface area (Å²) in [5.41, 5.74) is 0. The molecule has 0 aliphatic heterocycles. The minimum atomic E-state index is -0.132. The third-order valence-electron chi connectivity index (χ3n) is 1.11. The highest BCUT2D eigenvalue weighted by Gasteiger charge is 1.97. The Bertz CT molecular complexity index is 208. The topological polar surface area (TPSA) is 34.0 Å². The van der Waals surface area contributed by atoms with Crippen LogP contribution in [0.3, 0.4) is 0 Å². The van der Waals surface area contributed by atoms with Crippen molar-refractivity contribution >= 4 is 13.4 Å². The predicted molar refractivity (Wildman–Crippen MR) is 40.0 cm³/mol. The molecule has 3 nitrogen and oxygen atoms in total. The van der Waals surface area contributed by atoms with Gasteiger partial charge in [0.15, 0.2) is 0 Å². The lowest BCUT2D eigenvalue weighted by Crippen LogP contribution is -2.29. The van der Waals surface area contributed by atoms with E-state index in [0.717, 1.165) is 0 Å². The lowest BCUT2D eigenvalue weighted by Gasteiger charge is -1.99. The Morgan fingerprint density at radius 1 is 1.50 bits per heavy atom. The second kappa shape index (κ2) is 3.10. The summed E-state index contributed by atoms with van der Waals surface area (Å²) < 4.78 is 1.47. The van der Waals surface area contributed by atoms with E-state index in [1.807, 2.05) is 0 Å². The van der Waals surface area contributed by atoms with Crippen LogP contribution in [0.1, 0.15) is 0 Å². The zero-order valence-corrected chi connectivity index (χ0v) is 5.74. The molecule has 10 heavy (non-hydrogen) atoms. The largest absolute Gasteiger partial charge is 0.386 e. The fourth-order valence-corrected chi connectivity index (χ4v) is 0.668.